The monoisotopic (exact) mass is 450 g/mol. The normalized spacial score (nSPS) is 21.6. The Kier molecular flexibility index (Phi) is 5.20. The molecule has 0 saturated heterocycles. The Bertz CT molecular complexity index is 1030. The molecule has 0 N–H and O–H groups in total. The molecule has 0 aliphatic heterocycles. The van der Waals surface area contributed by atoms with Crippen LogP contribution in [0.3, 0.4) is 0 Å². The molecule has 0 bridgehead atoms. The molecule has 2 aliphatic rings. The standard InChI is InChI=1S/C13H9O.C9H13.C2H6Si.Zr/c1-2-4-12-10(3-1)5-6-13(12)11-7-8-14-9-11;1-6-5-7(2)9(4)8(6)3;1-3-2;/h1-9H;6H,1-4H3;1-2H3;. The number of benzene rings is 1. The average molecular weight is 452 g/mol. The van der Waals surface area contributed by atoms with Gasteiger partial charge in [0, 0.05) is 0 Å². The molecule has 0 saturated carbocycles. The minimum absolute atomic E-state index is 0.339. The second-order valence-electron chi connectivity index (χ2n) is 8.14. The predicted octanol–water partition coefficient (Wildman–Crippen LogP) is 6.90. The molecular formula is C24H28OSiZr. The van der Waals surface area contributed by atoms with Gasteiger partial charge in [-0.05, 0) is 0 Å². The van der Waals surface area contributed by atoms with E-state index in [1.807, 2.05) is 9.54 Å². The van der Waals surface area contributed by atoms with Crippen LogP contribution in [0.1, 0.15) is 48.0 Å². The molecule has 4 rings (SSSR count). The van der Waals surface area contributed by atoms with Crippen LogP contribution in [0.2, 0.25) is 13.1 Å². The summed E-state index contributed by atoms with van der Waals surface area (Å²) in [6.07, 6.45) is 6.30. The van der Waals surface area contributed by atoms with Crippen LogP contribution < -0.4 is 0 Å². The van der Waals surface area contributed by atoms with Crippen LogP contribution >= 0.6 is 0 Å². The van der Waals surface area contributed by atoms with Gasteiger partial charge in [0.25, 0.3) is 0 Å². The van der Waals surface area contributed by atoms with Crippen LogP contribution in [0.4, 0.5) is 0 Å². The van der Waals surface area contributed by atoms with E-state index >= 15 is 0 Å². The third kappa shape index (κ3) is 3.08. The van der Waals surface area contributed by atoms with Crippen LogP contribution in [0.25, 0.3) is 5.57 Å². The van der Waals surface area contributed by atoms with Gasteiger partial charge in [-0.3, -0.25) is 0 Å². The van der Waals surface area contributed by atoms with Crippen LogP contribution in [-0.2, 0) is 20.4 Å². The summed E-state index contributed by atoms with van der Waals surface area (Å²) in [5.74, 6) is 0.651. The van der Waals surface area contributed by atoms with Crippen molar-refractivity contribution >= 4 is 11.0 Å². The molecule has 138 valence electrons. The summed E-state index contributed by atoms with van der Waals surface area (Å²) in [4.78, 5) is 0. The quantitative estimate of drug-likeness (QED) is 0.463. The zero-order chi connectivity index (χ0) is 19.3. The number of hydrogen-bond donors (Lipinski definition) is 0. The fraction of sp³-hybridized carbons (Fsp3) is 0.333. The Labute approximate surface area is 171 Å². The molecule has 2 aliphatic carbocycles. The van der Waals surface area contributed by atoms with Gasteiger partial charge in [-0.1, -0.05) is 0 Å². The fourth-order valence-electron chi connectivity index (χ4n) is 4.81. The van der Waals surface area contributed by atoms with E-state index in [9.17, 15) is 0 Å². The minimum atomic E-state index is -1.89. The van der Waals surface area contributed by atoms with Gasteiger partial charge in [-0.2, -0.15) is 0 Å². The Hall–Kier alpha value is -1.18. The fourth-order valence-corrected chi connectivity index (χ4v) is 24.5. The molecule has 3 heteroatoms. The van der Waals surface area contributed by atoms with E-state index in [1.54, 1.807) is 28.5 Å². The van der Waals surface area contributed by atoms with Gasteiger partial charge in [0.1, 0.15) is 0 Å². The SMILES string of the molecule is CC1=C(C)C(C)[C]([Zr]([CH]2C=C(c3ccoc3)c3ccccc32)=[Si](C)C)=C1C. The molecule has 27 heavy (non-hydrogen) atoms. The molecule has 2 unspecified atom stereocenters. The molecule has 1 aromatic carbocycles. The summed E-state index contributed by atoms with van der Waals surface area (Å²) in [5, 5.41) is 0. The van der Waals surface area contributed by atoms with E-state index < -0.39 is 20.4 Å². The van der Waals surface area contributed by atoms with E-state index in [4.69, 9.17) is 4.42 Å². The second kappa shape index (κ2) is 7.33. The number of fused-ring (bicyclic) bond motifs is 1. The summed E-state index contributed by atoms with van der Waals surface area (Å²) in [6, 6.07) is 11.2. The first-order chi connectivity index (χ1) is 12.9. The van der Waals surface area contributed by atoms with Crippen LogP contribution in [0.5, 0.6) is 0 Å². The van der Waals surface area contributed by atoms with Gasteiger partial charge >= 0.3 is 172 Å². The number of rotatable bonds is 3. The molecule has 0 spiro atoms. The van der Waals surface area contributed by atoms with Crippen molar-refractivity contribution in [1.29, 1.82) is 0 Å². The molecule has 2 aromatic rings. The number of furan rings is 1. The Balaban J connectivity index is 1.90. The van der Waals surface area contributed by atoms with Crippen LogP contribution in [-0.4, -0.2) is 5.43 Å². The predicted molar refractivity (Wildman–Crippen MR) is 113 cm³/mol. The van der Waals surface area contributed by atoms with Crippen molar-refractivity contribution in [1.82, 2.24) is 0 Å². The molecule has 1 aromatic heterocycles. The zero-order valence-electron chi connectivity index (χ0n) is 17.2. The number of allylic oxidation sites excluding steroid dienone is 5. The van der Waals surface area contributed by atoms with Crippen LogP contribution in [0, 0.1) is 5.92 Å². The van der Waals surface area contributed by atoms with E-state index in [0.29, 0.717) is 9.54 Å². The van der Waals surface area contributed by atoms with Gasteiger partial charge < -0.3 is 0 Å². The summed E-state index contributed by atoms with van der Waals surface area (Å²) < 4.78 is 7.95. The zero-order valence-corrected chi connectivity index (χ0v) is 20.6. The topological polar surface area (TPSA) is 13.1 Å². The summed E-state index contributed by atoms with van der Waals surface area (Å²) in [6.45, 7) is 14.7. The van der Waals surface area contributed by atoms with Gasteiger partial charge in [-0.25, -0.2) is 0 Å². The average Bonchev–Trinajstić information content (AvgIpc) is 3.34. The first-order valence-corrected chi connectivity index (χ1v) is 18.6. The van der Waals surface area contributed by atoms with Gasteiger partial charge in [0.05, 0.1) is 0 Å². The molecular weight excluding hydrogens is 424 g/mol. The summed E-state index contributed by atoms with van der Waals surface area (Å²) in [7, 11) is 0. The molecule has 0 fully saturated rings. The van der Waals surface area contributed by atoms with Crippen molar-refractivity contribution in [3.63, 3.8) is 0 Å². The maximum absolute atomic E-state index is 5.41. The van der Waals surface area contributed by atoms with Crippen molar-refractivity contribution in [2.24, 2.45) is 5.92 Å². The molecule has 2 atom stereocenters. The second-order valence-corrected chi connectivity index (χ2v) is 25.6. The Morgan fingerprint density at radius 2 is 1.74 bits per heavy atom. The number of hydrogen-bond acceptors (Lipinski definition) is 1. The molecule has 0 radical (unpaired) electrons. The van der Waals surface area contributed by atoms with E-state index in [2.05, 4.69) is 77.2 Å². The Morgan fingerprint density at radius 1 is 1.00 bits per heavy atom. The Morgan fingerprint density at radius 3 is 2.33 bits per heavy atom. The molecule has 0 amide bonds. The van der Waals surface area contributed by atoms with Gasteiger partial charge in [-0.15, -0.1) is 0 Å². The van der Waals surface area contributed by atoms with E-state index in [-0.39, 0.29) is 5.43 Å². The van der Waals surface area contributed by atoms with Crippen molar-refractivity contribution in [2.45, 2.75) is 44.4 Å². The summed E-state index contributed by atoms with van der Waals surface area (Å²) >= 11 is -1.89. The molecule has 1 heterocycles. The summed E-state index contributed by atoms with van der Waals surface area (Å²) in [5.41, 5.74) is 10.1. The van der Waals surface area contributed by atoms with E-state index in [1.165, 1.54) is 16.7 Å². The van der Waals surface area contributed by atoms with Crippen LogP contribution in [0.15, 0.2) is 73.4 Å². The van der Waals surface area contributed by atoms with Gasteiger partial charge in [0.15, 0.2) is 0 Å². The maximum atomic E-state index is 5.41. The van der Waals surface area contributed by atoms with Gasteiger partial charge in [0.2, 0.25) is 0 Å². The first-order valence-electron chi connectivity index (χ1n) is 9.81. The van der Waals surface area contributed by atoms with Crippen molar-refractivity contribution in [3.05, 3.63) is 85.6 Å². The van der Waals surface area contributed by atoms with Crippen molar-refractivity contribution in [3.8, 4) is 0 Å². The third-order valence-electron chi connectivity index (χ3n) is 6.53. The first kappa shape index (κ1) is 19.2. The third-order valence-corrected chi connectivity index (χ3v) is 25.1. The van der Waals surface area contributed by atoms with Crippen molar-refractivity contribution < 1.29 is 24.8 Å². The van der Waals surface area contributed by atoms with E-state index in [0.717, 1.165) is 0 Å². The van der Waals surface area contributed by atoms with Crippen molar-refractivity contribution in [2.75, 3.05) is 0 Å². The molecule has 1 nitrogen and oxygen atoms in total.